The van der Waals surface area contributed by atoms with E-state index < -0.39 is 0 Å². The second-order valence-corrected chi connectivity index (χ2v) is 4.07. The Balaban J connectivity index is 2.63. The molecule has 0 atom stereocenters. The number of hydrogen-bond acceptors (Lipinski definition) is 2. The first-order valence-electron chi connectivity index (χ1n) is 4.87. The minimum Gasteiger partial charge on any atom is -0.398 e. The third-order valence-corrected chi connectivity index (χ3v) is 2.79. The average molecular weight is 188 g/mol. The summed E-state index contributed by atoms with van der Waals surface area (Å²) in [4.78, 5) is 2.24. The maximum atomic E-state index is 6.06. The van der Waals surface area contributed by atoms with Crippen molar-refractivity contribution in [3.63, 3.8) is 0 Å². The third kappa shape index (κ3) is 1.27. The van der Waals surface area contributed by atoms with Crippen LogP contribution >= 0.6 is 0 Å². The fourth-order valence-electron chi connectivity index (χ4n) is 1.94. The summed E-state index contributed by atoms with van der Waals surface area (Å²) >= 11 is 0. The van der Waals surface area contributed by atoms with Crippen LogP contribution in [0.4, 0.5) is 5.69 Å². The molecule has 0 saturated carbocycles. The summed E-state index contributed by atoms with van der Waals surface area (Å²) in [6.45, 7) is 5.13. The molecule has 1 heterocycles. The summed E-state index contributed by atoms with van der Waals surface area (Å²) in [5, 5.41) is 0. The van der Waals surface area contributed by atoms with Crippen molar-refractivity contribution in [1.82, 2.24) is 0 Å². The fraction of sp³-hybridized carbons (Fsp3) is 0.333. The van der Waals surface area contributed by atoms with Crippen LogP contribution in [0.2, 0.25) is 0 Å². The number of nitrogens with two attached hydrogens (primary N) is 1. The number of aryl methyl sites for hydroxylation is 1. The van der Waals surface area contributed by atoms with Crippen molar-refractivity contribution in [3.8, 4) is 0 Å². The zero-order valence-electron chi connectivity index (χ0n) is 8.96. The lowest BCUT2D eigenvalue weighted by Crippen LogP contribution is -2.26. The number of rotatable bonds is 0. The van der Waals surface area contributed by atoms with Crippen LogP contribution in [0.25, 0.3) is 5.70 Å². The van der Waals surface area contributed by atoms with Crippen molar-refractivity contribution in [2.24, 2.45) is 5.73 Å². The lowest BCUT2D eigenvalue weighted by molar-refractivity contribution is 0.957. The van der Waals surface area contributed by atoms with E-state index in [-0.39, 0.29) is 0 Å². The van der Waals surface area contributed by atoms with E-state index in [1.54, 1.807) is 0 Å². The highest BCUT2D eigenvalue weighted by molar-refractivity contribution is 5.80. The standard InChI is InChI=1S/C12H16N2/c1-8-4-5-10-11(6-8)14(3)7-9(2)12(10)13/h4-6H,7,13H2,1-3H3. The molecule has 1 aromatic rings. The Morgan fingerprint density at radius 2 is 2.00 bits per heavy atom. The molecule has 0 saturated heterocycles. The molecule has 0 fully saturated rings. The minimum absolute atomic E-state index is 0.933. The predicted molar refractivity (Wildman–Crippen MR) is 61.2 cm³/mol. The number of anilines is 1. The van der Waals surface area contributed by atoms with Gasteiger partial charge in [0, 0.05) is 30.5 Å². The van der Waals surface area contributed by atoms with Crippen LogP contribution in [0.3, 0.4) is 0 Å². The first-order chi connectivity index (χ1) is 6.59. The molecule has 2 N–H and O–H groups in total. The Labute approximate surface area is 85.0 Å². The van der Waals surface area contributed by atoms with Gasteiger partial charge in [0.25, 0.3) is 0 Å². The maximum Gasteiger partial charge on any atom is 0.0463 e. The lowest BCUT2D eigenvalue weighted by atomic mass is 9.99. The van der Waals surface area contributed by atoms with Gasteiger partial charge in [-0.05, 0) is 31.1 Å². The summed E-state index contributed by atoms with van der Waals surface area (Å²) in [6, 6.07) is 6.41. The van der Waals surface area contributed by atoms with E-state index in [4.69, 9.17) is 5.73 Å². The van der Waals surface area contributed by atoms with E-state index in [1.807, 2.05) is 0 Å². The smallest absolute Gasteiger partial charge is 0.0463 e. The molecule has 1 aliphatic heterocycles. The van der Waals surface area contributed by atoms with Crippen molar-refractivity contribution < 1.29 is 0 Å². The Hall–Kier alpha value is -1.44. The van der Waals surface area contributed by atoms with E-state index in [0.717, 1.165) is 12.2 Å². The van der Waals surface area contributed by atoms with Crippen molar-refractivity contribution in [1.29, 1.82) is 0 Å². The third-order valence-electron chi connectivity index (χ3n) is 2.79. The van der Waals surface area contributed by atoms with Crippen molar-refractivity contribution in [2.75, 3.05) is 18.5 Å². The van der Waals surface area contributed by atoms with Gasteiger partial charge in [0.15, 0.2) is 0 Å². The van der Waals surface area contributed by atoms with Gasteiger partial charge < -0.3 is 10.6 Å². The topological polar surface area (TPSA) is 29.3 Å². The molecule has 0 amide bonds. The highest BCUT2D eigenvalue weighted by atomic mass is 15.1. The van der Waals surface area contributed by atoms with Crippen LogP contribution in [0.15, 0.2) is 23.8 Å². The van der Waals surface area contributed by atoms with Gasteiger partial charge in [-0.1, -0.05) is 12.1 Å². The Bertz CT molecular complexity index is 405. The van der Waals surface area contributed by atoms with Crippen LogP contribution in [0.5, 0.6) is 0 Å². The van der Waals surface area contributed by atoms with Crippen LogP contribution in [0.1, 0.15) is 18.1 Å². The first kappa shape index (κ1) is 9.13. The molecule has 0 bridgehead atoms. The molecule has 0 aliphatic carbocycles. The molecule has 1 aromatic carbocycles. The molecule has 2 nitrogen and oxygen atoms in total. The van der Waals surface area contributed by atoms with Gasteiger partial charge in [-0.25, -0.2) is 0 Å². The van der Waals surface area contributed by atoms with E-state index in [2.05, 4.69) is 44.0 Å². The number of benzene rings is 1. The van der Waals surface area contributed by atoms with E-state index in [1.165, 1.54) is 22.4 Å². The summed E-state index contributed by atoms with van der Waals surface area (Å²) in [6.07, 6.45) is 0. The Morgan fingerprint density at radius 3 is 2.71 bits per heavy atom. The Morgan fingerprint density at radius 1 is 1.29 bits per heavy atom. The molecular weight excluding hydrogens is 172 g/mol. The van der Waals surface area contributed by atoms with Crippen molar-refractivity contribution >= 4 is 11.4 Å². The monoisotopic (exact) mass is 188 g/mol. The van der Waals surface area contributed by atoms with E-state index in [9.17, 15) is 0 Å². The van der Waals surface area contributed by atoms with E-state index in [0.29, 0.717) is 0 Å². The normalized spacial score (nSPS) is 15.8. The highest BCUT2D eigenvalue weighted by Gasteiger charge is 2.17. The number of hydrogen-bond donors (Lipinski definition) is 1. The van der Waals surface area contributed by atoms with Gasteiger partial charge in [0.1, 0.15) is 0 Å². The van der Waals surface area contributed by atoms with Crippen LogP contribution in [-0.2, 0) is 0 Å². The first-order valence-corrected chi connectivity index (χ1v) is 4.87. The number of nitrogens with zero attached hydrogens (tertiary/aromatic N) is 1. The summed E-state index contributed by atoms with van der Waals surface area (Å²) < 4.78 is 0. The summed E-state index contributed by atoms with van der Waals surface area (Å²) in [7, 11) is 2.11. The maximum absolute atomic E-state index is 6.06. The molecule has 2 heteroatoms. The Kier molecular flexibility index (Phi) is 1.99. The fourth-order valence-corrected chi connectivity index (χ4v) is 1.94. The predicted octanol–water partition coefficient (Wildman–Crippen LogP) is 2.13. The molecule has 0 spiro atoms. The van der Waals surface area contributed by atoms with Crippen LogP contribution in [-0.4, -0.2) is 13.6 Å². The summed E-state index contributed by atoms with van der Waals surface area (Å²) in [5.74, 6) is 0. The molecule has 1 aliphatic rings. The van der Waals surface area contributed by atoms with Crippen LogP contribution in [0, 0.1) is 6.92 Å². The van der Waals surface area contributed by atoms with Gasteiger partial charge in [-0.15, -0.1) is 0 Å². The van der Waals surface area contributed by atoms with Gasteiger partial charge in [-0.3, -0.25) is 0 Å². The van der Waals surface area contributed by atoms with Crippen LogP contribution < -0.4 is 10.6 Å². The van der Waals surface area contributed by atoms with Crippen molar-refractivity contribution in [3.05, 3.63) is 34.9 Å². The zero-order valence-corrected chi connectivity index (χ0v) is 8.96. The molecular formula is C12H16N2. The molecule has 0 aromatic heterocycles. The van der Waals surface area contributed by atoms with Gasteiger partial charge in [0.05, 0.1) is 0 Å². The van der Waals surface area contributed by atoms with E-state index >= 15 is 0 Å². The second-order valence-electron chi connectivity index (χ2n) is 4.07. The van der Waals surface area contributed by atoms with Gasteiger partial charge >= 0.3 is 0 Å². The number of fused-ring (bicyclic) bond motifs is 1. The van der Waals surface area contributed by atoms with Gasteiger partial charge in [0.2, 0.25) is 0 Å². The van der Waals surface area contributed by atoms with Gasteiger partial charge in [-0.2, -0.15) is 0 Å². The SMILES string of the molecule is CC1=C(N)c2ccc(C)cc2N(C)C1. The minimum atomic E-state index is 0.933. The molecule has 14 heavy (non-hydrogen) atoms. The molecule has 0 unspecified atom stereocenters. The largest absolute Gasteiger partial charge is 0.398 e. The molecule has 74 valence electrons. The zero-order chi connectivity index (χ0) is 10.3. The molecule has 2 rings (SSSR count). The lowest BCUT2D eigenvalue weighted by Gasteiger charge is -2.29. The quantitative estimate of drug-likeness (QED) is 0.676. The molecule has 0 radical (unpaired) electrons. The highest BCUT2D eigenvalue weighted by Crippen LogP contribution is 2.31. The second kappa shape index (κ2) is 3.05. The van der Waals surface area contributed by atoms with Crippen molar-refractivity contribution in [2.45, 2.75) is 13.8 Å². The average Bonchev–Trinajstić information content (AvgIpc) is 2.14. The summed E-state index contributed by atoms with van der Waals surface area (Å²) in [5.41, 5.74) is 11.9. The number of likely N-dealkylation sites (N-methyl/N-ethyl adjacent to an activating group) is 1.